The van der Waals surface area contributed by atoms with Crippen LogP contribution in [0.25, 0.3) is 82.8 Å². The van der Waals surface area contributed by atoms with Crippen molar-refractivity contribution in [1.82, 2.24) is 4.57 Å². The van der Waals surface area contributed by atoms with E-state index in [-0.39, 0.29) is 5.82 Å². The van der Waals surface area contributed by atoms with Gasteiger partial charge in [0, 0.05) is 44.3 Å². The number of furan rings is 1. The zero-order valence-electron chi connectivity index (χ0n) is 31.4. The highest BCUT2D eigenvalue weighted by molar-refractivity contribution is 6.10. The van der Waals surface area contributed by atoms with Crippen molar-refractivity contribution < 1.29 is 8.81 Å². The lowest BCUT2D eigenvalue weighted by Gasteiger charge is -2.26. The van der Waals surface area contributed by atoms with E-state index in [1.165, 1.54) is 23.3 Å². The number of anilines is 3. The molecule has 11 rings (SSSR count). The molecule has 0 unspecified atom stereocenters. The topological polar surface area (TPSA) is 21.3 Å². The van der Waals surface area contributed by atoms with Gasteiger partial charge in [0.25, 0.3) is 0 Å². The maximum atomic E-state index is 13.9. The van der Waals surface area contributed by atoms with Crippen LogP contribution in [0.15, 0.2) is 217 Å². The first kappa shape index (κ1) is 33.6. The van der Waals surface area contributed by atoms with Gasteiger partial charge in [0.15, 0.2) is 0 Å². The van der Waals surface area contributed by atoms with Gasteiger partial charge in [-0.1, -0.05) is 115 Å². The quantitative estimate of drug-likeness (QED) is 0.162. The molecule has 2 aromatic heterocycles. The SMILES string of the molecule is Fc1ccc(-n2c3ccccc3c3cc(-c4ccc(N(c5ccc(-c6ccccc6)cc5)c5ccc(-c6ccc7oc8ccccc8c7c6)cc5)cc4)ccc32)cc1. The molecule has 9 aromatic carbocycles. The van der Waals surface area contributed by atoms with E-state index >= 15 is 0 Å². The first-order chi connectivity index (χ1) is 28.6. The van der Waals surface area contributed by atoms with Crippen molar-refractivity contribution in [3.05, 3.63) is 218 Å². The largest absolute Gasteiger partial charge is 0.456 e. The number of halogens is 1. The Balaban J connectivity index is 0.967. The summed E-state index contributed by atoms with van der Waals surface area (Å²) in [7, 11) is 0. The molecule has 0 aliphatic carbocycles. The Hall–Kier alpha value is -7.69. The summed E-state index contributed by atoms with van der Waals surface area (Å²) in [5.74, 6) is -0.243. The van der Waals surface area contributed by atoms with Gasteiger partial charge in [-0.2, -0.15) is 0 Å². The molecule has 274 valence electrons. The van der Waals surface area contributed by atoms with E-state index in [0.717, 1.165) is 88.7 Å². The van der Waals surface area contributed by atoms with Gasteiger partial charge in [-0.3, -0.25) is 0 Å². The molecule has 0 spiro atoms. The smallest absolute Gasteiger partial charge is 0.135 e. The predicted molar refractivity (Wildman–Crippen MR) is 239 cm³/mol. The highest BCUT2D eigenvalue weighted by Crippen LogP contribution is 2.40. The average Bonchev–Trinajstić information content (AvgIpc) is 3.83. The first-order valence-corrected chi connectivity index (χ1v) is 19.5. The number of benzene rings is 9. The van der Waals surface area contributed by atoms with Gasteiger partial charge in [-0.05, 0) is 130 Å². The first-order valence-electron chi connectivity index (χ1n) is 19.5. The molecule has 0 saturated carbocycles. The van der Waals surface area contributed by atoms with Crippen LogP contribution < -0.4 is 4.90 Å². The van der Waals surface area contributed by atoms with Crippen molar-refractivity contribution in [2.75, 3.05) is 4.90 Å². The zero-order chi connectivity index (χ0) is 38.6. The summed E-state index contributed by atoms with van der Waals surface area (Å²) in [6.07, 6.45) is 0. The van der Waals surface area contributed by atoms with E-state index in [1.54, 1.807) is 0 Å². The van der Waals surface area contributed by atoms with Gasteiger partial charge in [0.1, 0.15) is 17.0 Å². The number of nitrogens with zero attached hydrogens (tertiary/aromatic N) is 2. The lowest BCUT2D eigenvalue weighted by Crippen LogP contribution is -2.09. The molecule has 11 aromatic rings. The molecule has 0 bridgehead atoms. The number of hydrogen-bond acceptors (Lipinski definition) is 2. The standard InChI is InChI=1S/C54H35FN2O/c55-42-22-30-46(31-23-42)57-51-12-6-4-10-47(51)49-34-40(20-32-52(49)57)38-16-26-44(27-17-38)56(43-24-14-37(15-25-43)36-8-2-1-3-9-36)45-28-18-39(19-29-45)41-21-33-54-50(35-41)48-11-5-7-13-53(48)58-54/h1-35H. The average molecular weight is 747 g/mol. The number of hydrogen-bond donors (Lipinski definition) is 0. The summed E-state index contributed by atoms with van der Waals surface area (Å²) in [6.45, 7) is 0. The fourth-order valence-electron chi connectivity index (χ4n) is 8.41. The van der Waals surface area contributed by atoms with Crippen molar-refractivity contribution in [1.29, 1.82) is 0 Å². The van der Waals surface area contributed by atoms with Gasteiger partial charge in [-0.25, -0.2) is 4.39 Å². The Morgan fingerprint density at radius 3 is 1.47 bits per heavy atom. The number of fused-ring (bicyclic) bond motifs is 6. The summed E-state index contributed by atoms with van der Waals surface area (Å²) in [5.41, 5.74) is 15.0. The van der Waals surface area contributed by atoms with Gasteiger partial charge in [0.2, 0.25) is 0 Å². The fraction of sp³-hybridized carbons (Fsp3) is 0. The normalized spacial score (nSPS) is 11.5. The van der Waals surface area contributed by atoms with Gasteiger partial charge in [0.05, 0.1) is 11.0 Å². The zero-order valence-corrected chi connectivity index (χ0v) is 31.4. The van der Waals surface area contributed by atoms with Gasteiger partial charge in [-0.15, -0.1) is 0 Å². The summed E-state index contributed by atoms with van der Waals surface area (Å²) in [6, 6.07) is 73.3. The molecular formula is C54H35FN2O. The Kier molecular flexibility index (Phi) is 8.00. The molecule has 0 radical (unpaired) electrons. The van der Waals surface area contributed by atoms with E-state index in [4.69, 9.17) is 4.42 Å². The number of aromatic nitrogens is 1. The molecule has 0 fully saturated rings. The maximum absolute atomic E-state index is 13.9. The van der Waals surface area contributed by atoms with Crippen LogP contribution in [0.4, 0.5) is 21.5 Å². The van der Waals surface area contributed by atoms with E-state index in [2.05, 4.69) is 179 Å². The molecule has 3 nitrogen and oxygen atoms in total. The maximum Gasteiger partial charge on any atom is 0.135 e. The van der Waals surface area contributed by atoms with Crippen LogP contribution in [-0.4, -0.2) is 4.57 Å². The third kappa shape index (κ3) is 5.82. The third-order valence-corrected chi connectivity index (χ3v) is 11.3. The van der Waals surface area contributed by atoms with Crippen molar-refractivity contribution in [2.24, 2.45) is 0 Å². The summed E-state index contributed by atoms with van der Waals surface area (Å²) in [4.78, 5) is 2.31. The highest BCUT2D eigenvalue weighted by Gasteiger charge is 2.17. The molecule has 0 aliphatic heterocycles. The van der Waals surface area contributed by atoms with Gasteiger partial charge >= 0.3 is 0 Å². The molecule has 0 atom stereocenters. The van der Waals surface area contributed by atoms with Crippen LogP contribution in [0.3, 0.4) is 0 Å². The summed E-state index contributed by atoms with van der Waals surface area (Å²) in [5, 5.41) is 4.56. The van der Waals surface area contributed by atoms with Crippen molar-refractivity contribution in [2.45, 2.75) is 0 Å². The summed E-state index contributed by atoms with van der Waals surface area (Å²) >= 11 is 0. The molecule has 4 heteroatoms. The lowest BCUT2D eigenvalue weighted by atomic mass is 10.0. The Bertz CT molecular complexity index is 3250. The molecular weight excluding hydrogens is 712 g/mol. The minimum atomic E-state index is -0.243. The molecule has 0 N–H and O–H groups in total. The highest BCUT2D eigenvalue weighted by atomic mass is 19.1. The van der Waals surface area contributed by atoms with Crippen LogP contribution in [0.1, 0.15) is 0 Å². The molecule has 0 amide bonds. The number of rotatable bonds is 7. The van der Waals surface area contributed by atoms with Crippen molar-refractivity contribution in [3.63, 3.8) is 0 Å². The van der Waals surface area contributed by atoms with Crippen LogP contribution in [0, 0.1) is 5.82 Å². The molecule has 0 aliphatic rings. The molecule has 58 heavy (non-hydrogen) atoms. The second-order valence-corrected chi connectivity index (χ2v) is 14.7. The van der Waals surface area contributed by atoms with Crippen LogP contribution in [0.2, 0.25) is 0 Å². The van der Waals surface area contributed by atoms with E-state index in [0.29, 0.717) is 0 Å². The fourth-order valence-corrected chi connectivity index (χ4v) is 8.41. The monoisotopic (exact) mass is 746 g/mol. The minimum absolute atomic E-state index is 0.243. The van der Waals surface area contributed by atoms with Crippen LogP contribution in [0.5, 0.6) is 0 Å². The lowest BCUT2D eigenvalue weighted by molar-refractivity contribution is 0.627. The van der Waals surface area contributed by atoms with Crippen molar-refractivity contribution in [3.8, 4) is 39.1 Å². The van der Waals surface area contributed by atoms with E-state index < -0.39 is 0 Å². The predicted octanol–water partition coefficient (Wildman–Crippen LogP) is 15.3. The van der Waals surface area contributed by atoms with E-state index in [9.17, 15) is 4.39 Å². The van der Waals surface area contributed by atoms with Crippen LogP contribution >= 0.6 is 0 Å². The second-order valence-electron chi connectivity index (χ2n) is 14.7. The third-order valence-electron chi connectivity index (χ3n) is 11.3. The minimum Gasteiger partial charge on any atom is -0.456 e. The van der Waals surface area contributed by atoms with Gasteiger partial charge < -0.3 is 13.9 Å². The molecule has 2 heterocycles. The Morgan fingerprint density at radius 1 is 0.345 bits per heavy atom. The van der Waals surface area contributed by atoms with E-state index in [1.807, 2.05) is 30.3 Å². The Morgan fingerprint density at radius 2 is 0.810 bits per heavy atom. The van der Waals surface area contributed by atoms with Crippen molar-refractivity contribution >= 4 is 60.8 Å². The van der Waals surface area contributed by atoms with Crippen LogP contribution in [-0.2, 0) is 0 Å². The Labute approximate surface area is 335 Å². The number of para-hydroxylation sites is 2. The molecule has 0 saturated heterocycles. The summed E-state index contributed by atoms with van der Waals surface area (Å²) < 4.78 is 22.2. The second kappa shape index (κ2) is 13.8.